The molecular formula is C34H69NO6S. The lowest BCUT2D eigenvalue weighted by Crippen LogP contribution is -2.50. The maximum absolute atomic E-state index is 12.5. The highest BCUT2D eigenvalue weighted by Crippen LogP contribution is 2.16. The van der Waals surface area contributed by atoms with E-state index in [1.807, 2.05) is 0 Å². The van der Waals surface area contributed by atoms with Gasteiger partial charge in [0.05, 0.1) is 17.9 Å². The van der Waals surface area contributed by atoms with Gasteiger partial charge in [-0.15, -0.1) is 0 Å². The fourth-order valence-electron chi connectivity index (χ4n) is 5.64. The van der Waals surface area contributed by atoms with Crippen LogP contribution in [0.1, 0.15) is 187 Å². The summed E-state index contributed by atoms with van der Waals surface area (Å²) in [5.74, 6) is -1.45. The van der Waals surface area contributed by atoms with Crippen molar-refractivity contribution in [1.29, 1.82) is 0 Å². The topological polar surface area (TPSA) is 124 Å². The first-order valence-electron chi connectivity index (χ1n) is 17.8. The van der Waals surface area contributed by atoms with Crippen molar-refractivity contribution in [3.63, 3.8) is 0 Å². The molecule has 1 amide bonds. The van der Waals surface area contributed by atoms with Crippen LogP contribution < -0.4 is 5.32 Å². The van der Waals surface area contributed by atoms with Crippen LogP contribution in [0.3, 0.4) is 0 Å². The lowest BCUT2D eigenvalue weighted by molar-refractivity contribution is -0.131. The van der Waals surface area contributed by atoms with E-state index in [0.29, 0.717) is 19.3 Å². The van der Waals surface area contributed by atoms with Crippen LogP contribution in [0, 0.1) is 0 Å². The highest BCUT2D eigenvalue weighted by atomic mass is 32.2. The van der Waals surface area contributed by atoms with Crippen molar-refractivity contribution in [2.45, 2.75) is 205 Å². The number of aliphatic hydroxyl groups is 2. The molecule has 0 bridgehead atoms. The second kappa shape index (κ2) is 29.0. The molecule has 0 rings (SSSR count). The van der Waals surface area contributed by atoms with Crippen LogP contribution in [0.2, 0.25) is 0 Å². The molecule has 7 nitrogen and oxygen atoms in total. The van der Waals surface area contributed by atoms with Gasteiger partial charge in [0.2, 0.25) is 5.91 Å². The van der Waals surface area contributed by atoms with Gasteiger partial charge in [-0.05, 0) is 12.8 Å². The Kier molecular flexibility index (Phi) is 28.6. The number of carbonyl (C=O) groups excluding carboxylic acids is 1. The first kappa shape index (κ1) is 41.3. The van der Waals surface area contributed by atoms with Gasteiger partial charge >= 0.3 is 0 Å². The zero-order chi connectivity index (χ0) is 31.3. The number of carbonyl (C=O) groups is 1. The third kappa shape index (κ3) is 28.1. The van der Waals surface area contributed by atoms with E-state index in [1.165, 1.54) is 116 Å². The summed E-state index contributed by atoms with van der Waals surface area (Å²) < 4.78 is 32.2. The molecule has 0 aliphatic carbocycles. The predicted octanol–water partition coefficient (Wildman–Crippen LogP) is 8.65. The summed E-state index contributed by atoms with van der Waals surface area (Å²) in [5.41, 5.74) is 0. The van der Waals surface area contributed by atoms with Crippen LogP contribution in [0.25, 0.3) is 0 Å². The zero-order valence-electron chi connectivity index (χ0n) is 27.5. The van der Waals surface area contributed by atoms with Crippen LogP contribution in [0.5, 0.6) is 0 Å². The molecule has 4 N–H and O–H groups in total. The Balaban J connectivity index is 3.90. The van der Waals surface area contributed by atoms with Crippen molar-refractivity contribution >= 4 is 16.0 Å². The Morgan fingerprint density at radius 1 is 0.548 bits per heavy atom. The second-order valence-corrected chi connectivity index (χ2v) is 14.2. The first-order chi connectivity index (χ1) is 20.2. The third-order valence-corrected chi connectivity index (χ3v) is 9.20. The van der Waals surface area contributed by atoms with Gasteiger partial charge in [0.1, 0.15) is 6.10 Å². The van der Waals surface area contributed by atoms with Crippen LogP contribution in [0.4, 0.5) is 0 Å². The molecule has 3 unspecified atom stereocenters. The van der Waals surface area contributed by atoms with Crippen LogP contribution >= 0.6 is 0 Å². The first-order valence-corrected chi connectivity index (χ1v) is 19.4. The Morgan fingerprint density at radius 2 is 0.857 bits per heavy atom. The molecule has 0 fully saturated rings. The van der Waals surface area contributed by atoms with Gasteiger partial charge in [-0.25, -0.2) is 0 Å². The zero-order valence-corrected chi connectivity index (χ0v) is 28.3. The molecule has 0 heterocycles. The molecule has 0 aliphatic heterocycles. The normalized spacial score (nSPS) is 14.1. The summed E-state index contributed by atoms with van der Waals surface area (Å²) in [6.07, 6.45) is 28.6. The van der Waals surface area contributed by atoms with Gasteiger partial charge in [0.25, 0.3) is 10.1 Å². The molecule has 0 radical (unpaired) electrons. The van der Waals surface area contributed by atoms with E-state index >= 15 is 0 Å². The maximum atomic E-state index is 12.5. The van der Waals surface area contributed by atoms with Gasteiger partial charge in [-0.2, -0.15) is 8.42 Å². The summed E-state index contributed by atoms with van der Waals surface area (Å²) in [7, 11) is -4.39. The van der Waals surface area contributed by atoms with Crippen molar-refractivity contribution in [3.8, 4) is 0 Å². The molecule has 0 aromatic rings. The van der Waals surface area contributed by atoms with Gasteiger partial charge in [0, 0.05) is 0 Å². The Labute approximate surface area is 260 Å². The number of aliphatic hydroxyl groups excluding tert-OH is 2. The average Bonchev–Trinajstić information content (AvgIpc) is 2.94. The number of unbranched alkanes of at least 4 members (excludes halogenated alkanes) is 23. The van der Waals surface area contributed by atoms with Crippen molar-refractivity contribution in [2.24, 2.45) is 0 Å². The molecule has 0 aliphatic rings. The number of nitrogens with one attached hydrogen (secondary N) is 1. The second-order valence-electron chi connectivity index (χ2n) is 12.7. The van der Waals surface area contributed by atoms with E-state index in [-0.39, 0.29) is 0 Å². The monoisotopic (exact) mass is 619 g/mol. The summed E-state index contributed by atoms with van der Waals surface area (Å²) in [6.45, 7) is 4.43. The molecule has 42 heavy (non-hydrogen) atoms. The lowest BCUT2D eigenvalue weighted by Gasteiger charge is -2.24. The summed E-state index contributed by atoms with van der Waals surface area (Å²) in [4.78, 5) is 12.5. The van der Waals surface area contributed by atoms with Gasteiger partial charge in [0.15, 0.2) is 0 Å². The van der Waals surface area contributed by atoms with E-state index in [2.05, 4.69) is 19.2 Å². The van der Waals surface area contributed by atoms with E-state index in [1.54, 1.807) is 0 Å². The van der Waals surface area contributed by atoms with Crippen LogP contribution in [-0.4, -0.2) is 53.1 Å². The molecule has 0 aromatic heterocycles. The highest BCUT2D eigenvalue weighted by Gasteiger charge is 2.28. The molecule has 3 atom stereocenters. The fourth-order valence-corrected chi connectivity index (χ4v) is 6.40. The van der Waals surface area contributed by atoms with E-state index in [9.17, 15) is 28.0 Å². The summed E-state index contributed by atoms with van der Waals surface area (Å²) in [5, 5.41) is 23.3. The molecule has 8 heteroatoms. The SMILES string of the molecule is CCCCCCCCCCCCCCCCCCCCC(O)C(=O)NC(CS(=O)(=O)O)C(O)CCCCCCCCC. The minimum absolute atomic E-state index is 0.303. The summed E-state index contributed by atoms with van der Waals surface area (Å²) >= 11 is 0. The van der Waals surface area contributed by atoms with Crippen molar-refractivity contribution < 1.29 is 28.0 Å². The van der Waals surface area contributed by atoms with Gasteiger partial charge in [-0.3, -0.25) is 9.35 Å². The minimum Gasteiger partial charge on any atom is -0.391 e. The maximum Gasteiger partial charge on any atom is 0.266 e. The standard InChI is InChI=1S/C34H69NO6S/c1-3-5-7-9-11-12-13-14-15-16-17-18-19-20-21-23-25-27-29-33(37)34(38)35-31(30-42(39,40)41)32(36)28-26-24-22-10-8-6-4-2/h31-33,36-37H,3-30H2,1-2H3,(H,35,38)(H,39,40,41). The summed E-state index contributed by atoms with van der Waals surface area (Å²) in [6, 6.07) is -1.14. The Morgan fingerprint density at radius 3 is 1.19 bits per heavy atom. The van der Waals surface area contributed by atoms with Gasteiger partial charge in [-0.1, -0.05) is 174 Å². The van der Waals surface area contributed by atoms with Gasteiger partial charge < -0.3 is 15.5 Å². The number of hydrogen-bond acceptors (Lipinski definition) is 5. The third-order valence-electron chi connectivity index (χ3n) is 8.42. The molecule has 0 saturated carbocycles. The highest BCUT2D eigenvalue weighted by molar-refractivity contribution is 7.85. The van der Waals surface area contributed by atoms with E-state index in [0.717, 1.165) is 38.5 Å². The lowest BCUT2D eigenvalue weighted by atomic mass is 10.0. The van der Waals surface area contributed by atoms with Crippen molar-refractivity contribution in [3.05, 3.63) is 0 Å². The largest absolute Gasteiger partial charge is 0.391 e. The van der Waals surface area contributed by atoms with E-state index < -0.39 is 40.0 Å². The number of hydrogen-bond donors (Lipinski definition) is 4. The molecular weight excluding hydrogens is 550 g/mol. The Hall–Kier alpha value is -0.700. The minimum atomic E-state index is -4.39. The number of amides is 1. The average molecular weight is 620 g/mol. The molecule has 0 aromatic carbocycles. The molecule has 252 valence electrons. The fraction of sp³-hybridized carbons (Fsp3) is 0.971. The van der Waals surface area contributed by atoms with Crippen LogP contribution in [0.15, 0.2) is 0 Å². The van der Waals surface area contributed by atoms with E-state index in [4.69, 9.17) is 0 Å². The number of rotatable bonds is 32. The van der Waals surface area contributed by atoms with Crippen molar-refractivity contribution in [1.82, 2.24) is 5.32 Å². The van der Waals surface area contributed by atoms with Crippen molar-refractivity contribution in [2.75, 3.05) is 5.75 Å². The Bertz CT molecular complexity index is 702. The molecule has 0 spiro atoms. The van der Waals surface area contributed by atoms with Crippen LogP contribution in [-0.2, 0) is 14.9 Å². The molecule has 0 saturated heterocycles. The quantitative estimate of drug-likeness (QED) is 0.0441. The smallest absolute Gasteiger partial charge is 0.266 e. The predicted molar refractivity (Wildman–Crippen MR) is 176 cm³/mol.